The van der Waals surface area contributed by atoms with E-state index in [4.69, 9.17) is 4.98 Å². The van der Waals surface area contributed by atoms with Gasteiger partial charge in [0.2, 0.25) is 5.91 Å². The molecular weight excluding hydrogens is 402 g/mol. The quantitative estimate of drug-likeness (QED) is 0.728. The van der Waals surface area contributed by atoms with E-state index in [1.807, 2.05) is 45.0 Å². The number of imidazole rings is 1. The highest BCUT2D eigenvalue weighted by atomic mass is 16.2. The maximum Gasteiger partial charge on any atom is 0.272 e. The number of nitrogens with one attached hydrogen (secondary N) is 2. The van der Waals surface area contributed by atoms with Gasteiger partial charge in [-0.15, -0.1) is 0 Å². The standard InChI is InChI=1S/C25H35N5O2/c1-25(2,3)22(24(32)26-4)28-23(31)21-19-17-29(5)15-10-16-30(19)20(27-21)14-9-13-18-11-7-6-8-12-18/h6-9,11-12,14,22H,10,13,15-17H2,1-5H3,(H,26,32)(H,28,31)/b14-9+/t22-/m1/s1. The summed E-state index contributed by atoms with van der Waals surface area (Å²) < 4.78 is 2.14. The molecule has 2 amide bonds. The van der Waals surface area contributed by atoms with Gasteiger partial charge in [-0.3, -0.25) is 9.59 Å². The second-order valence-corrected chi connectivity index (χ2v) is 9.49. The molecule has 172 valence electrons. The number of hydrogen-bond donors (Lipinski definition) is 2. The molecule has 0 spiro atoms. The van der Waals surface area contributed by atoms with E-state index in [9.17, 15) is 9.59 Å². The molecule has 1 atom stereocenters. The van der Waals surface area contributed by atoms with Crippen molar-refractivity contribution in [2.45, 2.75) is 52.7 Å². The maximum absolute atomic E-state index is 13.3. The second-order valence-electron chi connectivity index (χ2n) is 9.49. The third-order valence-electron chi connectivity index (χ3n) is 5.77. The van der Waals surface area contributed by atoms with Gasteiger partial charge in [-0.1, -0.05) is 57.2 Å². The van der Waals surface area contributed by atoms with Gasteiger partial charge in [-0.25, -0.2) is 4.98 Å². The van der Waals surface area contributed by atoms with Gasteiger partial charge in [0.05, 0.1) is 5.69 Å². The summed E-state index contributed by atoms with van der Waals surface area (Å²) in [5.74, 6) is 0.259. The first-order valence-corrected chi connectivity index (χ1v) is 11.2. The zero-order valence-corrected chi connectivity index (χ0v) is 19.8. The Balaban J connectivity index is 1.91. The summed E-state index contributed by atoms with van der Waals surface area (Å²) in [6, 6.07) is 9.60. The molecule has 0 radical (unpaired) electrons. The van der Waals surface area contributed by atoms with E-state index in [0.717, 1.165) is 37.4 Å². The van der Waals surface area contributed by atoms with Gasteiger partial charge in [-0.2, -0.15) is 0 Å². The van der Waals surface area contributed by atoms with Gasteiger partial charge in [0, 0.05) is 20.1 Å². The molecule has 0 saturated heterocycles. The van der Waals surface area contributed by atoms with Crippen molar-refractivity contribution in [3.63, 3.8) is 0 Å². The number of hydrogen-bond acceptors (Lipinski definition) is 4. The molecule has 2 N–H and O–H groups in total. The average molecular weight is 438 g/mol. The number of nitrogens with zero attached hydrogens (tertiary/aromatic N) is 3. The minimum Gasteiger partial charge on any atom is -0.357 e. The fourth-order valence-electron chi connectivity index (χ4n) is 3.99. The smallest absolute Gasteiger partial charge is 0.272 e. The molecule has 1 aromatic carbocycles. The van der Waals surface area contributed by atoms with Crippen LogP contribution < -0.4 is 10.6 Å². The van der Waals surface area contributed by atoms with Crippen LogP contribution in [0.4, 0.5) is 0 Å². The maximum atomic E-state index is 13.3. The van der Waals surface area contributed by atoms with Crippen LogP contribution in [0.25, 0.3) is 6.08 Å². The molecule has 1 aliphatic heterocycles. The van der Waals surface area contributed by atoms with Crippen molar-refractivity contribution < 1.29 is 9.59 Å². The van der Waals surface area contributed by atoms with Crippen molar-refractivity contribution in [1.29, 1.82) is 0 Å². The van der Waals surface area contributed by atoms with E-state index in [2.05, 4.69) is 45.4 Å². The van der Waals surface area contributed by atoms with E-state index in [1.54, 1.807) is 7.05 Å². The summed E-state index contributed by atoms with van der Waals surface area (Å²) in [6.45, 7) is 8.22. The van der Waals surface area contributed by atoms with E-state index in [-0.39, 0.29) is 11.8 Å². The zero-order valence-electron chi connectivity index (χ0n) is 19.8. The van der Waals surface area contributed by atoms with Crippen molar-refractivity contribution in [2.75, 3.05) is 20.6 Å². The number of allylic oxidation sites excluding steroid dienone is 1. The first-order valence-electron chi connectivity index (χ1n) is 11.2. The van der Waals surface area contributed by atoms with Crippen molar-refractivity contribution >= 4 is 17.9 Å². The minimum absolute atomic E-state index is 0.212. The molecule has 7 nitrogen and oxygen atoms in total. The lowest BCUT2D eigenvalue weighted by Gasteiger charge is -2.29. The second kappa shape index (κ2) is 10.1. The van der Waals surface area contributed by atoms with Crippen molar-refractivity contribution in [2.24, 2.45) is 5.41 Å². The number of fused-ring (bicyclic) bond motifs is 1. The average Bonchev–Trinajstić information content (AvgIpc) is 2.96. The van der Waals surface area contributed by atoms with E-state index in [0.29, 0.717) is 12.2 Å². The highest BCUT2D eigenvalue weighted by Crippen LogP contribution is 2.23. The number of carbonyl (C=O) groups excluding carboxylic acids is 2. The predicted molar refractivity (Wildman–Crippen MR) is 127 cm³/mol. The lowest BCUT2D eigenvalue weighted by Crippen LogP contribution is -2.53. The highest BCUT2D eigenvalue weighted by molar-refractivity contribution is 5.97. The number of carbonyl (C=O) groups is 2. The molecule has 7 heteroatoms. The van der Waals surface area contributed by atoms with Crippen molar-refractivity contribution in [3.8, 4) is 0 Å². The van der Waals surface area contributed by atoms with Crippen LogP contribution in [-0.4, -0.2) is 52.9 Å². The predicted octanol–water partition coefficient (Wildman–Crippen LogP) is 2.87. The van der Waals surface area contributed by atoms with Gasteiger partial charge in [0.15, 0.2) is 5.69 Å². The molecule has 0 unspecified atom stereocenters. The van der Waals surface area contributed by atoms with E-state index < -0.39 is 11.5 Å². The largest absolute Gasteiger partial charge is 0.357 e. The zero-order chi connectivity index (χ0) is 23.3. The van der Waals surface area contributed by atoms with Crippen LogP contribution in [0.15, 0.2) is 36.4 Å². The Morgan fingerprint density at radius 3 is 2.56 bits per heavy atom. The summed E-state index contributed by atoms with van der Waals surface area (Å²) in [5.41, 5.74) is 2.09. The van der Waals surface area contributed by atoms with Gasteiger partial charge in [0.1, 0.15) is 11.9 Å². The Morgan fingerprint density at radius 2 is 1.91 bits per heavy atom. The molecule has 0 fully saturated rings. The number of benzene rings is 1. The Kier molecular flexibility index (Phi) is 7.51. The van der Waals surface area contributed by atoms with E-state index >= 15 is 0 Å². The first kappa shape index (κ1) is 23.7. The van der Waals surface area contributed by atoms with Gasteiger partial charge in [-0.05, 0) is 43.5 Å². The Labute approximate surface area is 190 Å². The van der Waals surface area contributed by atoms with Gasteiger partial charge < -0.3 is 20.1 Å². The Morgan fingerprint density at radius 1 is 1.19 bits per heavy atom. The minimum atomic E-state index is -0.655. The molecule has 0 saturated carbocycles. The lowest BCUT2D eigenvalue weighted by atomic mass is 9.86. The number of amides is 2. The molecule has 2 aromatic rings. The third kappa shape index (κ3) is 5.65. The van der Waals surface area contributed by atoms with Gasteiger partial charge in [0.25, 0.3) is 5.91 Å². The van der Waals surface area contributed by atoms with Gasteiger partial charge >= 0.3 is 0 Å². The molecular formula is C25H35N5O2. The number of likely N-dealkylation sites (N-methyl/N-ethyl adjacent to an activating group) is 1. The molecule has 1 aromatic heterocycles. The summed E-state index contributed by atoms with van der Waals surface area (Å²) in [6.07, 6.45) is 5.87. The van der Waals surface area contributed by atoms with Crippen molar-refractivity contribution in [1.82, 2.24) is 25.1 Å². The van der Waals surface area contributed by atoms with Crippen LogP contribution in [-0.2, 0) is 24.3 Å². The van der Waals surface area contributed by atoms with Crippen LogP contribution in [0.2, 0.25) is 0 Å². The summed E-state index contributed by atoms with van der Waals surface area (Å²) in [5, 5.41) is 5.59. The molecule has 0 aliphatic carbocycles. The molecule has 0 bridgehead atoms. The van der Waals surface area contributed by atoms with Crippen LogP contribution in [0.3, 0.4) is 0 Å². The monoisotopic (exact) mass is 437 g/mol. The fraction of sp³-hybridized carbons (Fsp3) is 0.480. The summed E-state index contributed by atoms with van der Waals surface area (Å²) in [7, 11) is 3.64. The van der Waals surface area contributed by atoms with Crippen LogP contribution in [0.5, 0.6) is 0 Å². The number of aromatic nitrogens is 2. The fourth-order valence-corrected chi connectivity index (χ4v) is 3.99. The summed E-state index contributed by atoms with van der Waals surface area (Å²) >= 11 is 0. The Hall–Kier alpha value is -2.93. The lowest BCUT2D eigenvalue weighted by molar-refractivity contribution is -0.124. The normalized spacial score (nSPS) is 15.8. The first-order chi connectivity index (χ1) is 15.2. The molecule has 2 heterocycles. The van der Waals surface area contributed by atoms with Crippen LogP contribution in [0, 0.1) is 5.41 Å². The highest BCUT2D eigenvalue weighted by Gasteiger charge is 2.34. The molecule has 3 rings (SSSR count). The summed E-state index contributed by atoms with van der Waals surface area (Å²) in [4.78, 5) is 32.7. The van der Waals surface area contributed by atoms with Crippen LogP contribution >= 0.6 is 0 Å². The van der Waals surface area contributed by atoms with Crippen molar-refractivity contribution in [3.05, 3.63) is 59.2 Å². The SMILES string of the molecule is CNC(=O)[C@@H](NC(=O)c1nc(/C=C/Cc2ccccc2)n2c1CN(C)CCC2)C(C)(C)C. The molecule has 1 aliphatic rings. The number of rotatable bonds is 6. The van der Waals surface area contributed by atoms with E-state index in [1.165, 1.54) is 5.56 Å². The molecule has 32 heavy (non-hydrogen) atoms. The third-order valence-corrected chi connectivity index (χ3v) is 5.77. The Bertz CT molecular complexity index is 972. The van der Waals surface area contributed by atoms with Crippen LogP contribution in [0.1, 0.15) is 54.8 Å². The topological polar surface area (TPSA) is 79.3 Å².